The Bertz CT molecular complexity index is 322. The number of carbonyl (C=O) groups excluding carboxylic acids is 4. The molecule has 0 saturated heterocycles. The predicted octanol–water partition coefficient (Wildman–Crippen LogP) is 3.65. The Kier molecular flexibility index (Phi) is 16.0. The molecule has 4 nitrogen and oxygen atoms in total. The van der Waals surface area contributed by atoms with E-state index >= 15 is 0 Å². The van der Waals surface area contributed by atoms with Gasteiger partial charge < -0.3 is 0 Å². The Hall–Kier alpha value is -0.801. The number of hydrogen-bond acceptors (Lipinski definition) is 4. The van der Waals surface area contributed by atoms with E-state index in [2.05, 4.69) is 0 Å². The second-order valence-corrected chi connectivity index (χ2v) is 6.84. The molecule has 0 aliphatic rings. The zero-order valence-electron chi connectivity index (χ0n) is 15.7. The van der Waals surface area contributed by atoms with Crippen molar-refractivity contribution in [3.05, 3.63) is 0 Å². The minimum absolute atomic E-state index is 0. The van der Waals surface area contributed by atoms with Gasteiger partial charge in [0.2, 0.25) is 0 Å². The molecule has 0 aliphatic carbocycles. The number of rotatable bonds is 8. The third-order valence-electron chi connectivity index (χ3n) is 3.27. The number of carbonyl (C=O) groups is 4. The fourth-order valence-corrected chi connectivity index (χ4v) is 1.16. The molecule has 0 aromatic heterocycles. The van der Waals surface area contributed by atoms with Crippen molar-refractivity contribution in [2.24, 2.45) is 23.7 Å². The molecule has 0 amide bonds. The average Bonchev–Trinajstić information content (AvgIpc) is 2.38. The molecule has 1 radical (unpaired) electrons. The summed E-state index contributed by atoms with van der Waals surface area (Å²) >= 11 is 0. The summed E-state index contributed by atoms with van der Waals surface area (Å²) in [4.78, 5) is 44.1. The van der Waals surface area contributed by atoms with Crippen LogP contribution in [0.2, 0.25) is 0 Å². The first-order valence-corrected chi connectivity index (χ1v) is 8.00. The van der Waals surface area contributed by atoms with Gasteiger partial charge in [0.1, 0.15) is 23.1 Å². The Morgan fingerprint density at radius 1 is 0.478 bits per heavy atom. The van der Waals surface area contributed by atoms with E-state index < -0.39 is 0 Å². The van der Waals surface area contributed by atoms with Crippen molar-refractivity contribution in [3.63, 3.8) is 0 Å². The van der Waals surface area contributed by atoms with Crippen LogP contribution < -0.4 is 0 Å². The van der Waals surface area contributed by atoms with Crippen LogP contribution in [-0.4, -0.2) is 23.1 Å². The van der Waals surface area contributed by atoms with Gasteiger partial charge in [-0.15, -0.1) is 0 Å². The van der Waals surface area contributed by atoms with Crippen LogP contribution in [0.5, 0.6) is 0 Å². The van der Waals surface area contributed by atoms with Crippen LogP contribution >= 0.6 is 0 Å². The van der Waals surface area contributed by atoms with Crippen LogP contribution in [0.1, 0.15) is 68.2 Å². The van der Waals surface area contributed by atoms with Gasteiger partial charge in [-0.3, -0.25) is 19.2 Å². The van der Waals surface area contributed by atoms with Crippen LogP contribution in [0, 0.1) is 23.7 Å². The first-order chi connectivity index (χ1) is 9.89. The monoisotopic (exact) mass is 375 g/mol. The van der Waals surface area contributed by atoms with Gasteiger partial charge in [0.15, 0.2) is 0 Å². The molecule has 0 N–H and O–H groups in total. The van der Waals surface area contributed by atoms with E-state index in [0.717, 1.165) is 0 Å². The molecule has 0 aliphatic heterocycles. The molecule has 5 heteroatoms. The molecule has 0 fully saturated rings. The largest absolute Gasteiger partial charge is 0.299 e. The SMILES string of the molecule is CC(C)C(=O)CC(=O)C(C)C.CC(C)C(=O)CC(=O)C(C)C.[Cu]. The molecule has 0 heterocycles. The molecule has 0 aromatic carbocycles. The van der Waals surface area contributed by atoms with Gasteiger partial charge in [-0.05, 0) is 0 Å². The van der Waals surface area contributed by atoms with Gasteiger partial charge in [-0.2, -0.15) is 0 Å². The Morgan fingerprint density at radius 2 is 0.609 bits per heavy atom. The third kappa shape index (κ3) is 14.5. The average molecular weight is 376 g/mol. The Balaban J connectivity index is -0.000000333. The maximum atomic E-state index is 11.0. The van der Waals surface area contributed by atoms with Crippen molar-refractivity contribution in [3.8, 4) is 0 Å². The van der Waals surface area contributed by atoms with Crippen LogP contribution in [0.25, 0.3) is 0 Å². The quantitative estimate of drug-likeness (QED) is 0.479. The number of ketones is 4. The second-order valence-electron chi connectivity index (χ2n) is 6.84. The van der Waals surface area contributed by atoms with Crippen LogP contribution in [0.15, 0.2) is 0 Å². The first kappa shape index (κ1) is 27.1. The molecule has 23 heavy (non-hydrogen) atoms. The zero-order valence-corrected chi connectivity index (χ0v) is 16.6. The van der Waals surface area contributed by atoms with E-state index in [9.17, 15) is 19.2 Å². The minimum Gasteiger partial charge on any atom is -0.299 e. The number of hydrogen-bond donors (Lipinski definition) is 0. The number of Topliss-reactive ketones (excluding diaryl/α,β-unsaturated/α-hetero) is 4. The normalized spacial score (nSPS) is 10.3. The maximum absolute atomic E-state index is 11.0. The van der Waals surface area contributed by atoms with Crippen molar-refractivity contribution in [2.45, 2.75) is 68.2 Å². The van der Waals surface area contributed by atoms with Gasteiger partial charge in [0.25, 0.3) is 0 Å². The fourth-order valence-electron chi connectivity index (χ4n) is 1.16. The molecule has 0 spiro atoms. The van der Waals surface area contributed by atoms with E-state index in [1.54, 1.807) is 0 Å². The van der Waals surface area contributed by atoms with Crippen LogP contribution in [0.3, 0.4) is 0 Å². The molecule has 139 valence electrons. The summed E-state index contributed by atoms with van der Waals surface area (Å²) < 4.78 is 0. The minimum atomic E-state index is -0.0160. The van der Waals surface area contributed by atoms with Crippen LogP contribution in [0.4, 0.5) is 0 Å². The standard InChI is InChI=1S/2C9H16O2.Cu/c2*1-6(2)8(10)5-9(11)7(3)4;/h2*6-7H,5H2,1-4H3;. The predicted molar refractivity (Wildman–Crippen MR) is 88.6 cm³/mol. The maximum Gasteiger partial charge on any atom is 0.142 e. The molecular formula is C18H32CuO4. The molecule has 0 bridgehead atoms. The molecular weight excluding hydrogens is 344 g/mol. The fraction of sp³-hybridized carbons (Fsp3) is 0.778. The Labute approximate surface area is 151 Å². The first-order valence-electron chi connectivity index (χ1n) is 8.00. The summed E-state index contributed by atoms with van der Waals surface area (Å²) in [6, 6.07) is 0. The summed E-state index contributed by atoms with van der Waals surface area (Å²) in [5, 5.41) is 0. The second kappa shape index (κ2) is 13.6. The van der Waals surface area contributed by atoms with Gasteiger partial charge >= 0.3 is 0 Å². The summed E-state index contributed by atoms with van der Waals surface area (Å²) in [7, 11) is 0. The topological polar surface area (TPSA) is 68.3 Å². The van der Waals surface area contributed by atoms with E-state index in [1.165, 1.54) is 0 Å². The van der Waals surface area contributed by atoms with Crippen molar-refractivity contribution < 1.29 is 36.2 Å². The molecule has 0 aromatic rings. The summed E-state index contributed by atoms with van der Waals surface area (Å²) in [6.45, 7) is 14.5. The van der Waals surface area contributed by atoms with Gasteiger partial charge in [0.05, 0.1) is 12.8 Å². The van der Waals surface area contributed by atoms with Crippen molar-refractivity contribution in [2.75, 3.05) is 0 Å². The van der Waals surface area contributed by atoms with Crippen LogP contribution in [-0.2, 0) is 36.2 Å². The van der Waals surface area contributed by atoms with Gasteiger partial charge in [0, 0.05) is 40.7 Å². The van der Waals surface area contributed by atoms with Gasteiger partial charge in [-0.25, -0.2) is 0 Å². The summed E-state index contributed by atoms with van der Waals surface area (Å²) in [6.07, 6.45) is 0.213. The third-order valence-corrected chi connectivity index (χ3v) is 3.27. The van der Waals surface area contributed by atoms with E-state index in [0.29, 0.717) is 0 Å². The molecule has 0 rings (SSSR count). The smallest absolute Gasteiger partial charge is 0.142 e. The summed E-state index contributed by atoms with van der Waals surface area (Å²) in [5.74, 6) is 0.116. The molecule has 0 atom stereocenters. The van der Waals surface area contributed by atoms with Crippen molar-refractivity contribution >= 4 is 23.1 Å². The van der Waals surface area contributed by atoms with E-state index in [4.69, 9.17) is 0 Å². The summed E-state index contributed by atoms with van der Waals surface area (Å²) in [5.41, 5.74) is 0. The van der Waals surface area contributed by atoms with Gasteiger partial charge in [-0.1, -0.05) is 55.4 Å². The van der Waals surface area contributed by atoms with E-state index in [-0.39, 0.29) is 76.7 Å². The zero-order chi connectivity index (χ0) is 18.0. The Morgan fingerprint density at radius 3 is 0.696 bits per heavy atom. The van der Waals surface area contributed by atoms with E-state index in [1.807, 2.05) is 55.4 Å². The van der Waals surface area contributed by atoms with Crippen molar-refractivity contribution in [1.82, 2.24) is 0 Å². The molecule has 0 unspecified atom stereocenters. The van der Waals surface area contributed by atoms with Crippen molar-refractivity contribution in [1.29, 1.82) is 0 Å². The molecule has 0 saturated carbocycles.